The van der Waals surface area contributed by atoms with Crippen LogP contribution in [0.15, 0.2) is 10.9 Å². The van der Waals surface area contributed by atoms with Gasteiger partial charge >= 0.3 is 0 Å². The van der Waals surface area contributed by atoms with Crippen molar-refractivity contribution in [3.8, 4) is 0 Å². The van der Waals surface area contributed by atoms with E-state index in [9.17, 15) is 9.59 Å². The topological polar surface area (TPSA) is 76.9 Å². The summed E-state index contributed by atoms with van der Waals surface area (Å²) in [6.07, 6.45) is 4.54. The standard InChI is InChI=1S/C20H26N4O2/c1-5-17-12(2)11-15(20(26)24(17)4)19(25)21-10-9-18-22-13(3)14-7-6-8-16(14)23-18/h11H,5-10H2,1-4H3,(H,21,25). The Morgan fingerprint density at radius 3 is 2.77 bits per heavy atom. The molecule has 0 saturated carbocycles. The molecule has 0 aliphatic heterocycles. The maximum atomic E-state index is 12.4. The molecule has 0 atom stereocenters. The van der Waals surface area contributed by atoms with Crippen molar-refractivity contribution in [3.05, 3.63) is 56.0 Å². The largest absolute Gasteiger partial charge is 0.351 e. The van der Waals surface area contributed by atoms with Crippen molar-refractivity contribution in [2.24, 2.45) is 7.05 Å². The van der Waals surface area contributed by atoms with E-state index in [2.05, 4.69) is 15.3 Å². The Morgan fingerprint density at radius 2 is 2.04 bits per heavy atom. The Bertz CT molecular complexity index is 915. The Balaban J connectivity index is 1.69. The zero-order valence-electron chi connectivity index (χ0n) is 16.0. The molecule has 6 nitrogen and oxygen atoms in total. The van der Waals surface area contributed by atoms with E-state index in [4.69, 9.17) is 0 Å². The van der Waals surface area contributed by atoms with Crippen LogP contribution in [0, 0.1) is 13.8 Å². The van der Waals surface area contributed by atoms with E-state index in [0.29, 0.717) is 13.0 Å². The molecule has 1 aliphatic carbocycles. The number of hydrogen-bond donors (Lipinski definition) is 1. The van der Waals surface area contributed by atoms with Gasteiger partial charge in [0.15, 0.2) is 0 Å². The van der Waals surface area contributed by atoms with Crippen LogP contribution in [0.1, 0.15) is 57.7 Å². The molecular formula is C20H26N4O2. The first-order chi connectivity index (χ1) is 12.4. The van der Waals surface area contributed by atoms with Gasteiger partial charge < -0.3 is 9.88 Å². The van der Waals surface area contributed by atoms with Gasteiger partial charge in [-0.25, -0.2) is 9.97 Å². The zero-order chi connectivity index (χ0) is 18.8. The fourth-order valence-corrected chi connectivity index (χ4v) is 3.79. The molecule has 2 aromatic heterocycles. The highest BCUT2D eigenvalue weighted by Gasteiger charge is 2.18. The van der Waals surface area contributed by atoms with Crippen molar-refractivity contribution < 1.29 is 4.79 Å². The second kappa shape index (κ2) is 7.40. The van der Waals surface area contributed by atoms with Crippen LogP contribution < -0.4 is 10.9 Å². The van der Waals surface area contributed by atoms with Crippen LogP contribution in [0.2, 0.25) is 0 Å². The average Bonchev–Trinajstić information content (AvgIpc) is 3.07. The van der Waals surface area contributed by atoms with E-state index in [1.54, 1.807) is 17.7 Å². The van der Waals surface area contributed by atoms with Gasteiger partial charge in [-0.05, 0) is 56.7 Å². The van der Waals surface area contributed by atoms with Crippen LogP contribution in [-0.4, -0.2) is 27.0 Å². The summed E-state index contributed by atoms with van der Waals surface area (Å²) in [5.41, 5.74) is 5.33. The Labute approximate surface area is 153 Å². The summed E-state index contributed by atoms with van der Waals surface area (Å²) in [6.45, 7) is 6.36. The number of carbonyl (C=O) groups is 1. The predicted octanol–water partition coefficient (Wildman–Crippen LogP) is 1.82. The lowest BCUT2D eigenvalue weighted by Crippen LogP contribution is -2.34. The fourth-order valence-electron chi connectivity index (χ4n) is 3.79. The summed E-state index contributed by atoms with van der Waals surface area (Å²) in [7, 11) is 1.71. The monoisotopic (exact) mass is 354 g/mol. The van der Waals surface area contributed by atoms with Gasteiger partial charge in [0, 0.05) is 37.1 Å². The van der Waals surface area contributed by atoms with Crippen LogP contribution in [0.5, 0.6) is 0 Å². The third-order valence-electron chi connectivity index (χ3n) is 5.16. The lowest BCUT2D eigenvalue weighted by molar-refractivity contribution is 0.0952. The molecule has 0 bridgehead atoms. The van der Waals surface area contributed by atoms with Gasteiger partial charge in [-0.2, -0.15) is 0 Å². The Hall–Kier alpha value is -2.50. The van der Waals surface area contributed by atoms with Crippen molar-refractivity contribution in [2.75, 3.05) is 6.54 Å². The molecule has 1 aliphatic rings. The minimum atomic E-state index is -0.339. The molecule has 138 valence electrons. The molecule has 3 rings (SSSR count). The molecule has 0 spiro atoms. The second-order valence-corrected chi connectivity index (χ2v) is 6.92. The third-order valence-corrected chi connectivity index (χ3v) is 5.16. The molecule has 0 unspecified atom stereocenters. The molecule has 2 aromatic rings. The number of amides is 1. The summed E-state index contributed by atoms with van der Waals surface area (Å²) in [4.78, 5) is 34.1. The van der Waals surface area contributed by atoms with Crippen LogP contribution in [0.25, 0.3) is 0 Å². The predicted molar refractivity (Wildman–Crippen MR) is 101 cm³/mol. The highest BCUT2D eigenvalue weighted by molar-refractivity contribution is 5.94. The fraction of sp³-hybridized carbons (Fsp3) is 0.500. The van der Waals surface area contributed by atoms with Crippen LogP contribution >= 0.6 is 0 Å². The van der Waals surface area contributed by atoms with E-state index < -0.39 is 0 Å². The molecule has 0 fully saturated rings. The summed E-state index contributed by atoms with van der Waals surface area (Å²) in [6, 6.07) is 1.69. The molecule has 6 heteroatoms. The Morgan fingerprint density at radius 1 is 1.27 bits per heavy atom. The minimum Gasteiger partial charge on any atom is -0.351 e. The lowest BCUT2D eigenvalue weighted by atomic mass is 10.1. The van der Waals surface area contributed by atoms with Crippen molar-refractivity contribution in [1.29, 1.82) is 0 Å². The number of aromatic nitrogens is 3. The van der Waals surface area contributed by atoms with Gasteiger partial charge in [0.2, 0.25) is 0 Å². The molecular weight excluding hydrogens is 328 g/mol. The number of pyridine rings is 1. The number of nitrogens with zero attached hydrogens (tertiary/aromatic N) is 3. The van der Waals surface area contributed by atoms with Crippen molar-refractivity contribution >= 4 is 5.91 Å². The number of fused-ring (bicyclic) bond motifs is 1. The summed E-state index contributed by atoms with van der Waals surface area (Å²) in [5, 5.41) is 2.84. The normalized spacial score (nSPS) is 12.9. The first-order valence-corrected chi connectivity index (χ1v) is 9.25. The van der Waals surface area contributed by atoms with Crippen LogP contribution in [-0.2, 0) is 32.7 Å². The van der Waals surface area contributed by atoms with Crippen molar-refractivity contribution in [2.45, 2.75) is 52.9 Å². The molecule has 0 saturated heterocycles. The number of carbonyl (C=O) groups excluding carboxylic acids is 1. The first kappa shape index (κ1) is 18.3. The molecule has 0 radical (unpaired) electrons. The summed E-state index contributed by atoms with van der Waals surface area (Å²) >= 11 is 0. The SMILES string of the molecule is CCc1c(C)cc(C(=O)NCCc2nc(C)c3c(n2)CCC3)c(=O)n1C. The maximum Gasteiger partial charge on any atom is 0.263 e. The lowest BCUT2D eigenvalue weighted by Gasteiger charge is -2.12. The van der Waals surface area contributed by atoms with E-state index in [-0.39, 0.29) is 17.0 Å². The van der Waals surface area contributed by atoms with Gasteiger partial charge in [0.25, 0.3) is 11.5 Å². The van der Waals surface area contributed by atoms with E-state index in [1.165, 1.54) is 5.56 Å². The van der Waals surface area contributed by atoms with E-state index in [0.717, 1.165) is 54.2 Å². The number of hydrogen-bond acceptors (Lipinski definition) is 4. The zero-order valence-corrected chi connectivity index (χ0v) is 16.0. The van der Waals surface area contributed by atoms with Gasteiger partial charge in [-0.15, -0.1) is 0 Å². The van der Waals surface area contributed by atoms with E-state index in [1.807, 2.05) is 20.8 Å². The average molecular weight is 354 g/mol. The smallest absolute Gasteiger partial charge is 0.263 e. The van der Waals surface area contributed by atoms with Gasteiger partial charge in [0.1, 0.15) is 11.4 Å². The first-order valence-electron chi connectivity index (χ1n) is 9.25. The highest BCUT2D eigenvalue weighted by atomic mass is 16.2. The quantitative estimate of drug-likeness (QED) is 0.888. The molecule has 2 heterocycles. The van der Waals surface area contributed by atoms with Gasteiger partial charge in [-0.3, -0.25) is 9.59 Å². The molecule has 1 N–H and O–H groups in total. The third kappa shape index (κ3) is 3.41. The van der Waals surface area contributed by atoms with E-state index >= 15 is 0 Å². The minimum absolute atomic E-state index is 0.188. The number of nitrogens with one attached hydrogen (secondary N) is 1. The molecule has 0 aromatic carbocycles. The number of aryl methyl sites for hydroxylation is 3. The summed E-state index contributed by atoms with van der Waals surface area (Å²) < 4.78 is 1.57. The van der Waals surface area contributed by atoms with Crippen molar-refractivity contribution in [1.82, 2.24) is 19.9 Å². The maximum absolute atomic E-state index is 12.4. The summed E-state index contributed by atoms with van der Waals surface area (Å²) in [5.74, 6) is 0.420. The highest BCUT2D eigenvalue weighted by Crippen LogP contribution is 2.22. The number of rotatable bonds is 5. The van der Waals surface area contributed by atoms with Crippen molar-refractivity contribution in [3.63, 3.8) is 0 Å². The molecule has 1 amide bonds. The van der Waals surface area contributed by atoms with Crippen LogP contribution in [0.4, 0.5) is 0 Å². The van der Waals surface area contributed by atoms with Crippen LogP contribution in [0.3, 0.4) is 0 Å². The van der Waals surface area contributed by atoms with Gasteiger partial charge in [-0.1, -0.05) is 6.92 Å². The molecule has 26 heavy (non-hydrogen) atoms. The second-order valence-electron chi connectivity index (χ2n) is 6.92. The Kier molecular flexibility index (Phi) is 5.20. The van der Waals surface area contributed by atoms with Gasteiger partial charge in [0.05, 0.1) is 0 Å².